The van der Waals surface area contributed by atoms with E-state index < -0.39 is 0 Å². The van der Waals surface area contributed by atoms with Crippen molar-refractivity contribution >= 4 is 31.5 Å². The van der Waals surface area contributed by atoms with E-state index in [1.807, 2.05) is 72.0 Å². The zero-order valence-corrected chi connectivity index (χ0v) is 37.1. The molecule has 12 rings (SSSR count). The number of nitrogens with zero attached hydrogens (tertiary/aromatic N) is 4. The van der Waals surface area contributed by atoms with Crippen molar-refractivity contribution in [2.24, 2.45) is 0 Å². The van der Waals surface area contributed by atoms with Crippen molar-refractivity contribution in [2.45, 2.75) is 0 Å². The highest BCUT2D eigenvalue weighted by Gasteiger charge is 2.19. The summed E-state index contributed by atoms with van der Waals surface area (Å²) in [6.07, 6.45) is 0. The fourth-order valence-corrected chi connectivity index (χ4v) is 10.1. The molecule has 0 saturated carbocycles. The van der Waals surface area contributed by atoms with Crippen LogP contribution < -0.4 is 0 Å². The van der Waals surface area contributed by atoms with Crippen molar-refractivity contribution in [1.82, 2.24) is 19.9 Å². The highest BCUT2D eigenvalue weighted by atomic mass is 32.1. The molecule has 0 unspecified atom stereocenters. The first-order chi connectivity index (χ1) is 33.2. The van der Waals surface area contributed by atoms with Crippen LogP contribution in [-0.4, -0.2) is 19.9 Å². The van der Waals surface area contributed by atoms with E-state index in [2.05, 4.69) is 182 Å². The summed E-state index contributed by atoms with van der Waals surface area (Å²) in [5.74, 6) is 1.39. The van der Waals surface area contributed by atoms with Gasteiger partial charge in [0.2, 0.25) is 0 Å². The van der Waals surface area contributed by atoms with Crippen molar-refractivity contribution in [3.63, 3.8) is 0 Å². The summed E-state index contributed by atoms with van der Waals surface area (Å²) in [5.41, 5.74) is 16.6. The van der Waals surface area contributed by atoms with Gasteiger partial charge in [0, 0.05) is 53.6 Å². The van der Waals surface area contributed by atoms with Crippen LogP contribution in [0.2, 0.25) is 0 Å². The Kier molecular flexibility index (Phi) is 10.4. The normalized spacial score (nSPS) is 11.3. The third-order valence-electron chi connectivity index (χ3n) is 12.4. The Hall–Kier alpha value is -8.64. The van der Waals surface area contributed by atoms with Crippen molar-refractivity contribution in [3.05, 3.63) is 243 Å². The van der Waals surface area contributed by atoms with Gasteiger partial charge in [-0.05, 0) is 63.7 Å². The summed E-state index contributed by atoms with van der Waals surface area (Å²) in [5, 5.41) is 2.52. The second-order valence-corrected chi connectivity index (χ2v) is 17.7. The minimum Gasteiger partial charge on any atom is -0.228 e. The van der Waals surface area contributed by atoms with Gasteiger partial charge in [-0.3, -0.25) is 0 Å². The lowest BCUT2D eigenvalue weighted by atomic mass is 9.89. The fourth-order valence-electron chi connectivity index (χ4n) is 9.00. The molecule has 3 aromatic heterocycles. The summed E-state index contributed by atoms with van der Waals surface area (Å²) in [4.78, 5) is 20.5. The molecule has 0 atom stereocenters. The van der Waals surface area contributed by atoms with Crippen molar-refractivity contribution in [1.29, 1.82) is 0 Å². The Morgan fingerprint density at radius 2 is 0.672 bits per heavy atom. The van der Waals surface area contributed by atoms with Gasteiger partial charge in [0.05, 0.1) is 22.8 Å². The van der Waals surface area contributed by atoms with Crippen molar-refractivity contribution in [3.8, 4) is 101 Å². The van der Waals surface area contributed by atoms with Crippen LogP contribution in [0.15, 0.2) is 243 Å². The molecule has 0 bridgehead atoms. The van der Waals surface area contributed by atoms with Crippen LogP contribution in [-0.2, 0) is 0 Å². The third-order valence-corrected chi connectivity index (χ3v) is 13.5. The zero-order chi connectivity index (χ0) is 44.5. The van der Waals surface area contributed by atoms with E-state index >= 15 is 0 Å². The largest absolute Gasteiger partial charge is 0.228 e. The summed E-state index contributed by atoms with van der Waals surface area (Å²) in [7, 11) is 0. The lowest BCUT2D eigenvalue weighted by Crippen LogP contribution is -1.96. The van der Waals surface area contributed by atoms with Gasteiger partial charge in [-0.1, -0.05) is 212 Å². The van der Waals surface area contributed by atoms with Crippen LogP contribution >= 0.6 is 11.3 Å². The quantitative estimate of drug-likeness (QED) is 0.145. The predicted molar refractivity (Wildman–Crippen MR) is 279 cm³/mol. The van der Waals surface area contributed by atoms with Gasteiger partial charge in [-0.15, -0.1) is 11.3 Å². The van der Waals surface area contributed by atoms with Gasteiger partial charge in [-0.2, -0.15) is 0 Å². The van der Waals surface area contributed by atoms with E-state index in [1.165, 1.54) is 36.9 Å². The van der Waals surface area contributed by atoms with Crippen LogP contribution in [0.25, 0.3) is 121 Å². The molecular weight excluding hydrogens is 833 g/mol. The number of benzene rings is 9. The maximum absolute atomic E-state index is 5.19. The summed E-state index contributed by atoms with van der Waals surface area (Å²) >= 11 is 1.84. The van der Waals surface area contributed by atoms with E-state index in [4.69, 9.17) is 19.9 Å². The highest BCUT2D eigenvalue weighted by molar-refractivity contribution is 7.26. The Morgan fingerprint density at radius 1 is 0.254 bits per heavy atom. The highest BCUT2D eigenvalue weighted by Crippen LogP contribution is 2.46. The van der Waals surface area contributed by atoms with Gasteiger partial charge in [0.15, 0.2) is 11.6 Å². The van der Waals surface area contributed by atoms with Crippen LogP contribution in [0.4, 0.5) is 0 Å². The summed E-state index contributed by atoms with van der Waals surface area (Å²) in [6, 6.07) is 85.2. The Morgan fingerprint density at radius 3 is 1.24 bits per heavy atom. The minimum atomic E-state index is 0.692. The molecule has 5 heteroatoms. The molecule has 0 aliphatic heterocycles. The first-order valence-electron chi connectivity index (χ1n) is 22.4. The average molecular weight is 873 g/mol. The molecule has 67 heavy (non-hydrogen) atoms. The SMILES string of the molecule is c1ccc(-c2cccc(-c3cc(-c4ccc(-c5c(-c6ccc(-c7cc(-c8ccccc8)nc(-c8ccccc8)n7)cc6)ccc6sc7ccccc7c56)cc4)nc(-c4ccccc4)n3)c2)cc1. The molecule has 314 valence electrons. The van der Waals surface area contributed by atoms with Gasteiger partial charge < -0.3 is 0 Å². The summed E-state index contributed by atoms with van der Waals surface area (Å²) in [6.45, 7) is 0. The van der Waals surface area contributed by atoms with Gasteiger partial charge in [-0.25, -0.2) is 19.9 Å². The number of hydrogen-bond acceptors (Lipinski definition) is 5. The molecule has 0 spiro atoms. The standard InChI is InChI=1S/C62H40N4S/c1-5-16-41(17-6-1)49-24-15-25-50(38-49)56-40-55(65-62(66-56)48-22-11-4-12-23-48)45-32-34-46(35-33-45)59-51(36-37-58-60(59)52-26-13-14-27-57(52)67-58)42-28-30-44(31-29-42)54-39-53(43-18-7-2-8-19-43)63-61(64-54)47-20-9-3-10-21-47/h1-40H. The molecule has 3 heterocycles. The number of thiophene rings is 1. The van der Waals surface area contributed by atoms with Crippen LogP contribution in [0, 0.1) is 0 Å². The molecule has 4 nitrogen and oxygen atoms in total. The van der Waals surface area contributed by atoms with E-state index in [1.54, 1.807) is 0 Å². The Labute approximate surface area is 393 Å². The molecule has 9 aromatic carbocycles. The van der Waals surface area contributed by atoms with E-state index in [0.717, 1.165) is 72.8 Å². The number of rotatable bonds is 9. The molecule has 12 aromatic rings. The molecule has 0 N–H and O–H groups in total. The van der Waals surface area contributed by atoms with E-state index in [0.29, 0.717) is 11.6 Å². The monoisotopic (exact) mass is 872 g/mol. The lowest BCUT2D eigenvalue weighted by Gasteiger charge is -2.15. The second kappa shape index (κ2) is 17.4. The first kappa shape index (κ1) is 39.9. The topological polar surface area (TPSA) is 51.6 Å². The maximum Gasteiger partial charge on any atom is 0.160 e. The molecule has 0 radical (unpaired) electrons. The minimum absolute atomic E-state index is 0.692. The Bertz CT molecular complexity index is 3640. The van der Waals surface area contributed by atoms with Crippen molar-refractivity contribution in [2.75, 3.05) is 0 Å². The molecular formula is C62H40N4S. The second-order valence-electron chi connectivity index (χ2n) is 16.6. The van der Waals surface area contributed by atoms with Crippen LogP contribution in [0.5, 0.6) is 0 Å². The van der Waals surface area contributed by atoms with E-state index in [9.17, 15) is 0 Å². The molecule has 0 aliphatic rings. The molecule has 0 amide bonds. The zero-order valence-electron chi connectivity index (χ0n) is 36.3. The van der Waals surface area contributed by atoms with Crippen LogP contribution in [0.1, 0.15) is 0 Å². The summed E-state index contributed by atoms with van der Waals surface area (Å²) < 4.78 is 2.53. The first-order valence-corrected chi connectivity index (χ1v) is 23.3. The average Bonchev–Trinajstić information content (AvgIpc) is 3.80. The van der Waals surface area contributed by atoms with Gasteiger partial charge >= 0.3 is 0 Å². The van der Waals surface area contributed by atoms with Gasteiger partial charge in [0.1, 0.15) is 0 Å². The predicted octanol–water partition coefficient (Wildman–Crippen LogP) is 16.6. The Balaban J connectivity index is 0.958. The maximum atomic E-state index is 5.19. The van der Waals surface area contributed by atoms with Gasteiger partial charge in [0.25, 0.3) is 0 Å². The number of hydrogen-bond donors (Lipinski definition) is 0. The van der Waals surface area contributed by atoms with E-state index in [-0.39, 0.29) is 0 Å². The van der Waals surface area contributed by atoms with Crippen LogP contribution in [0.3, 0.4) is 0 Å². The molecule has 0 saturated heterocycles. The molecule has 0 aliphatic carbocycles. The smallest absolute Gasteiger partial charge is 0.160 e. The fraction of sp³-hybridized carbons (Fsp3) is 0. The third kappa shape index (κ3) is 7.88. The molecule has 0 fully saturated rings. The van der Waals surface area contributed by atoms with Crippen molar-refractivity contribution < 1.29 is 0 Å². The number of fused-ring (bicyclic) bond motifs is 3. The lowest BCUT2D eigenvalue weighted by molar-refractivity contribution is 1.18. The number of aromatic nitrogens is 4.